The highest BCUT2D eigenvalue weighted by Gasteiger charge is 2.10. The summed E-state index contributed by atoms with van der Waals surface area (Å²) in [5.41, 5.74) is 2.14. The molecule has 0 saturated heterocycles. The first kappa shape index (κ1) is 11.0. The highest BCUT2D eigenvalue weighted by Crippen LogP contribution is 2.08. The summed E-state index contributed by atoms with van der Waals surface area (Å²) in [6.45, 7) is 4.16. The highest BCUT2D eigenvalue weighted by molar-refractivity contribution is 5.30. The summed E-state index contributed by atoms with van der Waals surface area (Å²) in [4.78, 5) is 8.44. The Bertz CT molecular complexity index is 472. The normalized spacial score (nSPS) is 13.2. The topological polar surface area (TPSA) is 55.1 Å². The second kappa shape index (κ2) is 4.57. The number of nitrogens with zero attached hydrogens (tertiary/aromatic N) is 4. The van der Waals surface area contributed by atoms with E-state index in [1.807, 2.05) is 18.5 Å². The van der Waals surface area contributed by atoms with Gasteiger partial charge >= 0.3 is 0 Å². The lowest BCUT2D eigenvalue weighted by Crippen LogP contribution is -2.27. The molecule has 2 aromatic rings. The molecule has 0 amide bonds. The lowest BCUT2D eigenvalue weighted by Gasteiger charge is -2.14. The van der Waals surface area contributed by atoms with Gasteiger partial charge in [0.2, 0.25) is 0 Å². The molecule has 2 rings (SSSR count). The summed E-state index contributed by atoms with van der Waals surface area (Å²) in [6, 6.07) is 2.54. The third-order valence-electron chi connectivity index (χ3n) is 2.81. The number of aryl methyl sites for hydroxylation is 1. The fourth-order valence-corrected chi connectivity index (χ4v) is 1.85. The van der Waals surface area contributed by atoms with E-state index >= 15 is 0 Å². The molecule has 1 N–H and O–H groups in total. The van der Waals surface area contributed by atoms with Crippen molar-refractivity contribution in [1.82, 2.24) is 24.9 Å². The SMILES string of the molecule is CCC(Cc1cc(C)nc2ncnn12)NC. The largest absolute Gasteiger partial charge is 0.317 e. The summed E-state index contributed by atoms with van der Waals surface area (Å²) >= 11 is 0. The van der Waals surface area contributed by atoms with Crippen molar-refractivity contribution in [3.05, 3.63) is 23.8 Å². The summed E-state index contributed by atoms with van der Waals surface area (Å²) < 4.78 is 1.81. The van der Waals surface area contributed by atoms with Gasteiger partial charge in [-0.3, -0.25) is 0 Å². The Labute approximate surface area is 94.9 Å². The number of aromatic nitrogens is 4. The molecule has 0 aliphatic heterocycles. The van der Waals surface area contributed by atoms with Crippen molar-refractivity contribution in [1.29, 1.82) is 0 Å². The number of hydrogen-bond acceptors (Lipinski definition) is 4. The number of nitrogens with one attached hydrogen (secondary N) is 1. The zero-order valence-electron chi connectivity index (χ0n) is 9.94. The molecule has 0 aliphatic rings. The minimum absolute atomic E-state index is 0.467. The van der Waals surface area contributed by atoms with Crippen LogP contribution in [0, 0.1) is 6.92 Å². The van der Waals surface area contributed by atoms with Gasteiger partial charge in [-0.05, 0) is 26.5 Å². The van der Waals surface area contributed by atoms with Crippen molar-refractivity contribution in [3.63, 3.8) is 0 Å². The minimum atomic E-state index is 0.467. The molecule has 0 fully saturated rings. The molecule has 0 spiro atoms. The Balaban J connectivity index is 2.38. The monoisotopic (exact) mass is 219 g/mol. The van der Waals surface area contributed by atoms with E-state index in [2.05, 4.69) is 33.4 Å². The first-order chi connectivity index (χ1) is 7.74. The Kier molecular flexibility index (Phi) is 3.14. The van der Waals surface area contributed by atoms with Crippen LogP contribution >= 0.6 is 0 Å². The van der Waals surface area contributed by atoms with Gasteiger partial charge in [0.15, 0.2) is 0 Å². The molecule has 16 heavy (non-hydrogen) atoms. The Morgan fingerprint density at radius 3 is 3.00 bits per heavy atom. The molecule has 0 saturated carbocycles. The van der Waals surface area contributed by atoms with Crippen molar-refractivity contribution in [2.75, 3.05) is 7.05 Å². The van der Waals surface area contributed by atoms with Crippen LogP contribution < -0.4 is 5.32 Å². The molecule has 5 nitrogen and oxygen atoms in total. The number of likely N-dealkylation sites (N-methyl/N-ethyl adjacent to an activating group) is 1. The van der Waals surface area contributed by atoms with Gasteiger partial charge in [-0.25, -0.2) is 9.50 Å². The third-order valence-corrected chi connectivity index (χ3v) is 2.81. The van der Waals surface area contributed by atoms with Crippen LogP contribution in [0.2, 0.25) is 0 Å². The van der Waals surface area contributed by atoms with Gasteiger partial charge in [-0.15, -0.1) is 0 Å². The van der Waals surface area contributed by atoms with Gasteiger partial charge in [-0.2, -0.15) is 10.1 Å². The van der Waals surface area contributed by atoms with E-state index in [1.54, 1.807) is 6.33 Å². The second-order valence-corrected chi connectivity index (χ2v) is 3.96. The highest BCUT2D eigenvalue weighted by atomic mass is 15.3. The molecule has 2 heterocycles. The van der Waals surface area contributed by atoms with E-state index in [-0.39, 0.29) is 0 Å². The van der Waals surface area contributed by atoms with Crippen LogP contribution in [0.25, 0.3) is 5.78 Å². The van der Waals surface area contributed by atoms with Crippen LogP contribution in [0.5, 0.6) is 0 Å². The zero-order chi connectivity index (χ0) is 11.5. The maximum Gasteiger partial charge on any atom is 0.252 e. The van der Waals surface area contributed by atoms with Gasteiger partial charge in [-0.1, -0.05) is 6.92 Å². The van der Waals surface area contributed by atoms with Crippen molar-refractivity contribution >= 4 is 5.78 Å². The van der Waals surface area contributed by atoms with Crippen molar-refractivity contribution in [2.45, 2.75) is 32.7 Å². The summed E-state index contributed by atoms with van der Waals surface area (Å²) in [5, 5.41) is 7.49. The number of rotatable bonds is 4. The maximum atomic E-state index is 4.32. The molecular formula is C11H17N5. The smallest absolute Gasteiger partial charge is 0.252 e. The molecule has 1 unspecified atom stereocenters. The fraction of sp³-hybridized carbons (Fsp3) is 0.545. The van der Waals surface area contributed by atoms with Crippen LogP contribution in [0.4, 0.5) is 0 Å². The van der Waals surface area contributed by atoms with Crippen LogP contribution in [-0.2, 0) is 6.42 Å². The molecule has 0 bridgehead atoms. The van der Waals surface area contributed by atoms with Crippen LogP contribution in [0.1, 0.15) is 24.7 Å². The molecule has 0 aromatic carbocycles. The molecule has 1 atom stereocenters. The van der Waals surface area contributed by atoms with Gasteiger partial charge in [0.25, 0.3) is 5.78 Å². The van der Waals surface area contributed by atoms with Crippen LogP contribution in [0.3, 0.4) is 0 Å². The van der Waals surface area contributed by atoms with Gasteiger partial charge in [0.05, 0.1) is 0 Å². The average molecular weight is 219 g/mol. The van der Waals surface area contributed by atoms with E-state index in [0.717, 1.165) is 24.2 Å². The maximum absolute atomic E-state index is 4.32. The van der Waals surface area contributed by atoms with Crippen LogP contribution in [-0.4, -0.2) is 32.7 Å². The third kappa shape index (κ3) is 2.04. The van der Waals surface area contributed by atoms with Crippen LogP contribution in [0.15, 0.2) is 12.4 Å². The van der Waals surface area contributed by atoms with Crippen molar-refractivity contribution < 1.29 is 0 Å². The van der Waals surface area contributed by atoms with Gasteiger partial charge in [0.1, 0.15) is 6.33 Å². The summed E-state index contributed by atoms with van der Waals surface area (Å²) in [7, 11) is 1.99. The van der Waals surface area contributed by atoms with E-state index < -0.39 is 0 Å². The number of fused-ring (bicyclic) bond motifs is 1. The summed E-state index contributed by atoms with van der Waals surface area (Å²) in [5.74, 6) is 0.681. The molecular weight excluding hydrogens is 202 g/mol. The van der Waals surface area contributed by atoms with Crippen molar-refractivity contribution in [3.8, 4) is 0 Å². The minimum Gasteiger partial charge on any atom is -0.317 e. The van der Waals surface area contributed by atoms with Gasteiger partial charge < -0.3 is 5.32 Å². The zero-order valence-corrected chi connectivity index (χ0v) is 9.94. The van der Waals surface area contributed by atoms with Gasteiger partial charge in [0, 0.05) is 23.9 Å². The number of hydrogen-bond donors (Lipinski definition) is 1. The first-order valence-corrected chi connectivity index (χ1v) is 5.58. The molecule has 5 heteroatoms. The average Bonchev–Trinajstić information content (AvgIpc) is 2.73. The first-order valence-electron chi connectivity index (χ1n) is 5.58. The Hall–Kier alpha value is -1.49. The Morgan fingerprint density at radius 1 is 1.50 bits per heavy atom. The Morgan fingerprint density at radius 2 is 2.31 bits per heavy atom. The lowest BCUT2D eigenvalue weighted by molar-refractivity contribution is 0.530. The van der Waals surface area contributed by atoms with Crippen molar-refractivity contribution in [2.24, 2.45) is 0 Å². The predicted octanol–water partition coefficient (Wildman–Crippen LogP) is 0.973. The predicted molar refractivity (Wildman–Crippen MR) is 62.4 cm³/mol. The standard InChI is InChI=1S/C11H17N5/c1-4-9(12-3)6-10-5-8(2)15-11-13-7-14-16(10)11/h5,7,9,12H,4,6H2,1-3H3. The van der Waals surface area contributed by atoms with E-state index in [9.17, 15) is 0 Å². The fourth-order valence-electron chi connectivity index (χ4n) is 1.85. The summed E-state index contributed by atoms with van der Waals surface area (Å²) in [6.07, 6.45) is 3.58. The molecule has 2 aromatic heterocycles. The van der Waals surface area contributed by atoms with E-state index in [1.165, 1.54) is 0 Å². The lowest BCUT2D eigenvalue weighted by atomic mass is 10.1. The molecule has 0 radical (unpaired) electrons. The molecule has 86 valence electrons. The second-order valence-electron chi connectivity index (χ2n) is 3.96. The van der Waals surface area contributed by atoms with E-state index in [0.29, 0.717) is 11.8 Å². The molecule has 0 aliphatic carbocycles. The van der Waals surface area contributed by atoms with E-state index in [4.69, 9.17) is 0 Å². The quantitative estimate of drug-likeness (QED) is 0.832.